The van der Waals surface area contributed by atoms with Gasteiger partial charge in [-0.15, -0.1) is 0 Å². The van der Waals surface area contributed by atoms with Gasteiger partial charge in [-0.1, -0.05) is 12.1 Å². The largest absolute Gasteiger partial charge is 0.485 e. The summed E-state index contributed by atoms with van der Waals surface area (Å²) in [6, 6.07) is 7.05. The molecule has 8 heteroatoms. The minimum atomic E-state index is -0.899. The van der Waals surface area contributed by atoms with Gasteiger partial charge in [0.05, 0.1) is 17.1 Å². The predicted octanol–water partition coefficient (Wildman–Crippen LogP) is 1.36. The van der Waals surface area contributed by atoms with E-state index in [0.717, 1.165) is 5.69 Å². The number of carbonyl (C=O) groups excluding carboxylic acids is 2. The summed E-state index contributed by atoms with van der Waals surface area (Å²) in [6.45, 7) is 3.26. The van der Waals surface area contributed by atoms with Crippen molar-refractivity contribution in [2.45, 2.75) is 20.0 Å². The highest BCUT2D eigenvalue weighted by molar-refractivity contribution is 5.94. The van der Waals surface area contributed by atoms with Gasteiger partial charge < -0.3 is 19.5 Å². The van der Waals surface area contributed by atoms with Gasteiger partial charge in [0.2, 0.25) is 6.10 Å². The highest BCUT2D eigenvalue weighted by atomic mass is 16.6. The zero-order chi connectivity index (χ0) is 18.0. The summed E-state index contributed by atoms with van der Waals surface area (Å²) in [4.78, 5) is 24.1. The van der Waals surface area contributed by atoms with Crippen LogP contribution in [0.15, 0.2) is 24.3 Å². The smallest absolute Gasteiger partial charge is 0.351 e. The van der Waals surface area contributed by atoms with Crippen LogP contribution in [-0.4, -0.2) is 41.0 Å². The van der Waals surface area contributed by atoms with Gasteiger partial charge >= 0.3 is 5.97 Å². The molecule has 0 aliphatic carbocycles. The summed E-state index contributed by atoms with van der Waals surface area (Å²) in [7, 11) is 1.79. The second-order valence-electron chi connectivity index (χ2n) is 5.69. The van der Waals surface area contributed by atoms with Crippen LogP contribution in [0.5, 0.6) is 11.5 Å². The first kappa shape index (κ1) is 16.8. The summed E-state index contributed by atoms with van der Waals surface area (Å²) in [5.74, 6) is -0.0393. The van der Waals surface area contributed by atoms with Crippen LogP contribution in [-0.2, 0) is 21.4 Å². The minimum Gasteiger partial charge on any atom is -0.485 e. The number of esters is 1. The number of hydrogen-bond donors (Lipinski definition) is 1. The Morgan fingerprint density at radius 1 is 1.32 bits per heavy atom. The molecule has 2 aromatic rings. The third kappa shape index (κ3) is 3.57. The van der Waals surface area contributed by atoms with Crippen molar-refractivity contribution in [3.05, 3.63) is 35.7 Å². The van der Waals surface area contributed by atoms with Gasteiger partial charge in [0.1, 0.15) is 6.61 Å². The Morgan fingerprint density at radius 3 is 2.72 bits per heavy atom. The van der Waals surface area contributed by atoms with E-state index in [-0.39, 0.29) is 6.61 Å². The molecule has 132 valence electrons. The lowest BCUT2D eigenvalue weighted by molar-refractivity contribution is -0.156. The van der Waals surface area contributed by atoms with Gasteiger partial charge in [0.25, 0.3) is 5.91 Å². The molecule has 1 N–H and O–H groups in total. The van der Waals surface area contributed by atoms with E-state index < -0.39 is 24.6 Å². The molecule has 8 nitrogen and oxygen atoms in total. The van der Waals surface area contributed by atoms with Crippen molar-refractivity contribution in [1.29, 1.82) is 0 Å². The molecule has 1 aliphatic rings. The van der Waals surface area contributed by atoms with E-state index in [1.165, 1.54) is 0 Å². The summed E-state index contributed by atoms with van der Waals surface area (Å²) in [5.41, 5.74) is 2.13. The van der Waals surface area contributed by atoms with Crippen molar-refractivity contribution < 1.29 is 23.8 Å². The molecular weight excluding hydrogens is 326 g/mol. The van der Waals surface area contributed by atoms with Gasteiger partial charge in [0, 0.05) is 7.05 Å². The molecule has 0 spiro atoms. The number of para-hydroxylation sites is 2. The Labute approximate surface area is 144 Å². The highest BCUT2D eigenvalue weighted by Gasteiger charge is 2.29. The van der Waals surface area contributed by atoms with Crippen LogP contribution in [0.1, 0.15) is 11.4 Å². The standard InChI is InChI=1S/C17H19N3O5/c1-10-16(11(2)20(3)19-10)18-15(21)9-24-17(22)14-8-23-12-6-4-5-7-13(12)25-14/h4-7,14H,8-9H2,1-3H3,(H,18,21)/t14-/m0/s1. The van der Waals surface area contributed by atoms with E-state index in [4.69, 9.17) is 14.2 Å². The number of nitrogens with one attached hydrogen (secondary N) is 1. The van der Waals surface area contributed by atoms with Gasteiger partial charge in [0.15, 0.2) is 18.1 Å². The molecule has 1 aromatic heterocycles. The molecule has 0 saturated carbocycles. The number of carbonyl (C=O) groups is 2. The maximum Gasteiger partial charge on any atom is 0.351 e. The highest BCUT2D eigenvalue weighted by Crippen LogP contribution is 2.31. The quantitative estimate of drug-likeness (QED) is 0.841. The van der Waals surface area contributed by atoms with Crippen molar-refractivity contribution in [2.75, 3.05) is 18.5 Å². The van der Waals surface area contributed by atoms with Crippen molar-refractivity contribution in [2.24, 2.45) is 7.05 Å². The van der Waals surface area contributed by atoms with Crippen molar-refractivity contribution >= 4 is 17.6 Å². The molecule has 1 atom stereocenters. The molecule has 1 amide bonds. The van der Waals surface area contributed by atoms with Crippen LogP contribution < -0.4 is 14.8 Å². The number of aryl methyl sites for hydroxylation is 2. The minimum absolute atomic E-state index is 0.0400. The average Bonchev–Trinajstić information content (AvgIpc) is 2.85. The fourth-order valence-corrected chi connectivity index (χ4v) is 2.50. The number of amides is 1. The Kier molecular flexibility index (Phi) is 4.60. The molecule has 0 bridgehead atoms. The van der Waals surface area contributed by atoms with Gasteiger partial charge in [-0.05, 0) is 26.0 Å². The summed E-state index contributed by atoms with van der Waals surface area (Å²) in [6.07, 6.45) is -0.899. The Morgan fingerprint density at radius 2 is 2.04 bits per heavy atom. The second-order valence-corrected chi connectivity index (χ2v) is 5.69. The summed E-state index contributed by atoms with van der Waals surface area (Å²) < 4.78 is 17.7. The zero-order valence-corrected chi connectivity index (χ0v) is 14.2. The fourth-order valence-electron chi connectivity index (χ4n) is 2.50. The number of ether oxygens (including phenoxy) is 3. The Balaban J connectivity index is 1.53. The average molecular weight is 345 g/mol. The molecule has 0 fully saturated rings. The number of fused-ring (bicyclic) bond motifs is 1. The molecule has 2 heterocycles. The molecular formula is C17H19N3O5. The fraction of sp³-hybridized carbons (Fsp3) is 0.353. The first-order valence-corrected chi connectivity index (χ1v) is 7.81. The van der Waals surface area contributed by atoms with Crippen LogP contribution in [0.2, 0.25) is 0 Å². The van der Waals surface area contributed by atoms with Crippen molar-refractivity contribution in [3.63, 3.8) is 0 Å². The third-order valence-corrected chi connectivity index (χ3v) is 3.89. The van der Waals surface area contributed by atoms with E-state index in [0.29, 0.717) is 22.9 Å². The van der Waals surface area contributed by atoms with Crippen LogP contribution in [0.25, 0.3) is 0 Å². The lowest BCUT2D eigenvalue weighted by Gasteiger charge is -2.24. The predicted molar refractivity (Wildman–Crippen MR) is 88.6 cm³/mol. The molecule has 0 unspecified atom stereocenters. The van der Waals surface area contributed by atoms with Gasteiger partial charge in [-0.3, -0.25) is 9.48 Å². The van der Waals surface area contributed by atoms with Gasteiger partial charge in [-0.2, -0.15) is 5.10 Å². The molecule has 3 rings (SSSR count). The number of anilines is 1. The third-order valence-electron chi connectivity index (χ3n) is 3.89. The van der Waals surface area contributed by atoms with Gasteiger partial charge in [-0.25, -0.2) is 4.79 Å². The topological polar surface area (TPSA) is 91.7 Å². The second kappa shape index (κ2) is 6.84. The van der Waals surface area contributed by atoms with E-state index in [2.05, 4.69) is 10.4 Å². The Bertz CT molecular complexity index is 815. The zero-order valence-electron chi connectivity index (χ0n) is 14.2. The van der Waals surface area contributed by atoms with Crippen molar-refractivity contribution in [3.8, 4) is 11.5 Å². The van der Waals surface area contributed by atoms with Crippen LogP contribution in [0.3, 0.4) is 0 Å². The molecule has 25 heavy (non-hydrogen) atoms. The molecule has 1 aliphatic heterocycles. The summed E-state index contributed by atoms with van der Waals surface area (Å²) in [5, 5.41) is 6.91. The van der Waals surface area contributed by atoms with E-state index in [9.17, 15) is 9.59 Å². The number of aromatic nitrogens is 2. The number of hydrogen-bond acceptors (Lipinski definition) is 6. The van der Waals surface area contributed by atoms with E-state index in [1.54, 1.807) is 36.9 Å². The van der Waals surface area contributed by atoms with Crippen LogP contribution in [0, 0.1) is 13.8 Å². The molecule has 0 radical (unpaired) electrons. The maximum absolute atomic E-state index is 12.1. The SMILES string of the molecule is Cc1nn(C)c(C)c1NC(=O)COC(=O)[C@@H]1COc2ccccc2O1. The lowest BCUT2D eigenvalue weighted by atomic mass is 10.2. The number of rotatable bonds is 4. The first-order chi connectivity index (χ1) is 12.0. The summed E-state index contributed by atoms with van der Waals surface area (Å²) >= 11 is 0. The molecule has 1 aromatic carbocycles. The normalized spacial score (nSPS) is 15.6. The van der Waals surface area contributed by atoms with E-state index in [1.807, 2.05) is 13.0 Å². The monoisotopic (exact) mass is 345 g/mol. The maximum atomic E-state index is 12.1. The van der Waals surface area contributed by atoms with Crippen LogP contribution in [0.4, 0.5) is 5.69 Å². The van der Waals surface area contributed by atoms with E-state index >= 15 is 0 Å². The van der Waals surface area contributed by atoms with Crippen LogP contribution >= 0.6 is 0 Å². The van der Waals surface area contributed by atoms with Crippen molar-refractivity contribution in [1.82, 2.24) is 9.78 Å². The Hall–Kier alpha value is -3.03. The molecule has 0 saturated heterocycles. The lowest BCUT2D eigenvalue weighted by Crippen LogP contribution is -2.39. The number of benzene rings is 1. The first-order valence-electron chi connectivity index (χ1n) is 7.81. The number of nitrogens with zero attached hydrogens (tertiary/aromatic N) is 2.